The SMILES string of the molecule is CCC(C)C(NC(=O)C(C)NC(=O)C(C)NC(=O)C(N)CCCCN)C(=O)O. The Hall–Kier alpha value is -2.20. The van der Waals surface area contributed by atoms with Crippen molar-refractivity contribution in [1.29, 1.82) is 0 Å². The number of aliphatic carboxylic acids is 1. The average molecular weight is 402 g/mol. The Kier molecular flexibility index (Phi) is 12.0. The van der Waals surface area contributed by atoms with Crippen LogP contribution < -0.4 is 27.4 Å². The summed E-state index contributed by atoms with van der Waals surface area (Å²) >= 11 is 0. The van der Waals surface area contributed by atoms with E-state index in [4.69, 9.17) is 11.5 Å². The number of hydrogen-bond acceptors (Lipinski definition) is 6. The number of nitrogens with two attached hydrogens (primary N) is 2. The normalized spacial score (nSPS) is 16.2. The minimum absolute atomic E-state index is 0.261. The van der Waals surface area contributed by atoms with E-state index in [0.717, 1.165) is 6.42 Å². The summed E-state index contributed by atoms with van der Waals surface area (Å²) in [4.78, 5) is 47.7. The molecular formula is C18H35N5O5. The fourth-order valence-electron chi connectivity index (χ4n) is 2.39. The van der Waals surface area contributed by atoms with E-state index in [1.54, 1.807) is 6.92 Å². The lowest BCUT2D eigenvalue weighted by molar-refractivity contribution is -0.143. The van der Waals surface area contributed by atoms with Crippen molar-refractivity contribution in [2.24, 2.45) is 17.4 Å². The topological polar surface area (TPSA) is 177 Å². The van der Waals surface area contributed by atoms with E-state index in [0.29, 0.717) is 25.8 Å². The van der Waals surface area contributed by atoms with Gasteiger partial charge in [-0.1, -0.05) is 26.7 Å². The van der Waals surface area contributed by atoms with Crippen molar-refractivity contribution in [1.82, 2.24) is 16.0 Å². The molecule has 0 heterocycles. The van der Waals surface area contributed by atoms with Gasteiger partial charge in [-0.3, -0.25) is 14.4 Å². The minimum Gasteiger partial charge on any atom is -0.480 e. The van der Waals surface area contributed by atoms with Crippen molar-refractivity contribution in [3.8, 4) is 0 Å². The number of amides is 3. The molecule has 162 valence electrons. The zero-order valence-corrected chi connectivity index (χ0v) is 17.2. The van der Waals surface area contributed by atoms with E-state index in [1.165, 1.54) is 13.8 Å². The molecule has 0 saturated heterocycles. The van der Waals surface area contributed by atoms with Gasteiger partial charge in [-0.25, -0.2) is 4.79 Å². The third-order valence-electron chi connectivity index (χ3n) is 4.59. The number of hydrogen-bond donors (Lipinski definition) is 6. The van der Waals surface area contributed by atoms with E-state index in [9.17, 15) is 24.3 Å². The molecule has 10 nitrogen and oxygen atoms in total. The Bertz CT molecular complexity index is 542. The van der Waals surface area contributed by atoms with E-state index in [2.05, 4.69) is 16.0 Å². The van der Waals surface area contributed by atoms with E-state index < -0.39 is 47.9 Å². The molecule has 8 N–H and O–H groups in total. The summed E-state index contributed by atoms with van der Waals surface area (Å²) in [6.45, 7) is 6.98. The van der Waals surface area contributed by atoms with Gasteiger partial charge in [-0.2, -0.15) is 0 Å². The van der Waals surface area contributed by atoms with Gasteiger partial charge in [0.05, 0.1) is 6.04 Å². The number of nitrogens with one attached hydrogen (secondary N) is 3. The highest BCUT2D eigenvalue weighted by atomic mass is 16.4. The second-order valence-electron chi connectivity index (χ2n) is 7.06. The highest BCUT2D eigenvalue weighted by Gasteiger charge is 2.28. The van der Waals surface area contributed by atoms with Gasteiger partial charge in [-0.15, -0.1) is 0 Å². The first kappa shape index (κ1) is 25.8. The molecule has 0 aromatic carbocycles. The first-order chi connectivity index (χ1) is 13.0. The standard InChI is InChI=1S/C18H35N5O5/c1-5-10(2)14(18(27)28)23-16(25)12(4)21-15(24)11(3)22-17(26)13(20)8-6-7-9-19/h10-14H,5-9,19-20H2,1-4H3,(H,21,24)(H,22,26)(H,23,25)(H,27,28). The molecule has 0 rings (SSSR count). The van der Waals surface area contributed by atoms with Crippen LogP contribution in [-0.4, -0.2) is 59.5 Å². The summed E-state index contributed by atoms with van der Waals surface area (Å²) in [7, 11) is 0. The molecule has 0 spiro atoms. The van der Waals surface area contributed by atoms with Crippen molar-refractivity contribution >= 4 is 23.7 Å². The summed E-state index contributed by atoms with van der Waals surface area (Å²) < 4.78 is 0. The van der Waals surface area contributed by atoms with Crippen LogP contribution in [-0.2, 0) is 19.2 Å². The van der Waals surface area contributed by atoms with Gasteiger partial charge in [0.15, 0.2) is 0 Å². The highest BCUT2D eigenvalue weighted by molar-refractivity contribution is 5.93. The molecule has 10 heteroatoms. The van der Waals surface area contributed by atoms with Crippen LogP contribution in [0, 0.1) is 5.92 Å². The van der Waals surface area contributed by atoms with Crippen LogP contribution in [0.25, 0.3) is 0 Å². The Morgan fingerprint density at radius 2 is 1.39 bits per heavy atom. The number of carbonyl (C=O) groups excluding carboxylic acids is 3. The van der Waals surface area contributed by atoms with Crippen LogP contribution in [0.15, 0.2) is 0 Å². The monoisotopic (exact) mass is 401 g/mol. The molecule has 0 aromatic rings. The molecule has 0 aliphatic heterocycles. The maximum absolute atomic E-state index is 12.2. The molecule has 0 fully saturated rings. The number of carboxylic acid groups (broad SMARTS) is 1. The maximum atomic E-state index is 12.2. The van der Waals surface area contributed by atoms with Gasteiger partial charge in [0.1, 0.15) is 18.1 Å². The molecular weight excluding hydrogens is 366 g/mol. The van der Waals surface area contributed by atoms with Crippen molar-refractivity contribution in [2.45, 2.75) is 77.5 Å². The largest absolute Gasteiger partial charge is 0.480 e. The summed E-state index contributed by atoms with van der Waals surface area (Å²) in [6, 6.07) is -3.64. The summed E-state index contributed by atoms with van der Waals surface area (Å²) in [5, 5.41) is 16.6. The van der Waals surface area contributed by atoms with Crippen LogP contribution in [0.4, 0.5) is 0 Å². The number of unbranched alkanes of at least 4 members (excludes halogenated alkanes) is 1. The molecule has 0 bridgehead atoms. The van der Waals surface area contributed by atoms with Gasteiger partial charge in [0.2, 0.25) is 17.7 Å². The van der Waals surface area contributed by atoms with E-state index in [-0.39, 0.29) is 5.92 Å². The summed E-state index contributed by atoms with van der Waals surface area (Å²) in [5.41, 5.74) is 11.2. The minimum atomic E-state index is -1.13. The lowest BCUT2D eigenvalue weighted by Crippen LogP contribution is -2.56. The third-order valence-corrected chi connectivity index (χ3v) is 4.59. The van der Waals surface area contributed by atoms with Crippen LogP contribution in [0.2, 0.25) is 0 Å². The Morgan fingerprint density at radius 3 is 1.86 bits per heavy atom. The Labute approximate surface area is 166 Å². The van der Waals surface area contributed by atoms with Crippen molar-refractivity contribution in [3.63, 3.8) is 0 Å². The third kappa shape index (κ3) is 9.14. The molecule has 5 atom stereocenters. The van der Waals surface area contributed by atoms with E-state index >= 15 is 0 Å². The van der Waals surface area contributed by atoms with Crippen molar-refractivity contribution in [3.05, 3.63) is 0 Å². The number of carbonyl (C=O) groups is 4. The predicted octanol–water partition coefficient (Wildman–Crippen LogP) is -0.932. The van der Waals surface area contributed by atoms with Gasteiger partial charge in [0, 0.05) is 0 Å². The smallest absolute Gasteiger partial charge is 0.326 e. The second kappa shape index (κ2) is 13.1. The lowest BCUT2D eigenvalue weighted by Gasteiger charge is -2.23. The molecule has 3 amide bonds. The predicted molar refractivity (Wildman–Crippen MR) is 105 cm³/mol. The fraction of sp³-hybridized carbons (Fsp3) is 0.778. The first-order valence-electron chi connectivity index (χ1n) is 9.64. The molecule has 28 heavy (non-hydrogen) atoms. The quantitative estimate of drug-likeness (QED) is 0.216. The molecule has 0 aliphatic rings. The molecule has 0 aromatic heterocycles. The zero-order chi connectivity index (χ0) is 21.9. The van der Waals surface area contributed by atoms with Gasteiger partial charge in [-0.05, 0) is 39.2 Å². The van der Waals surface area contributed by atoms with Crippen LogP contribution in [0.5, 0.6) is 0 Å². The number of carboxylic acids is 1. The maximum Gasteiger partial charge on any atom is 0.326 e. The molecule has 0 radical (unpaired) electrons. The van der Waals surface area contributed by atoms with Crippen LogP contribution in [0.3, 0.4) is 0 Å². The lowest BCUT2D eigenvalue weighted by atomic mass is 9.99. The van der Waals surface area contributed by atoms with Gasteiger partial charge >= 0.3 is 5.97 Å². The molecule has 0 saturated carbocycles. The van der Waals surface area contributed by atoms with Gasteiger partial charge in [0.25, 0.3) is 0 Å². The highest BCUT2D eigenvalue weighted by Crippen LogP contribution is 2.08. The Morgan fingerprint density at radius 1 is 0.893 bits per heavy atom. The summed E-state index contributed by atoms with van der Waals surface area (Å²) in [5.74, 6) is -3.04. The van der Waals surface area contributed by atoms with Crippen LogP contribution in [0.1, 0.15) is 53.4 Å². The van der Waals surface area contributed by atoms with Crippen LogP contribution >= 0.6 is 0 Å². The molecule has 0 aliphatic carbocycles. The second-order valence-corrected chi connectivity index (χ2v) is 7.06. The summed E-state index contributed by atoms with van der Waals surface area (Å²) in [6.07, 6.45) is 2.51. The Balaban J connectivity index is 4.60. The number of rotatable bonds is 13. The van der Waals surface area contributed by atoms with E-state index in [1.807, 2.05) is 6.92 Å². The molecule has 5 unspecified atom stereocenters. The first-order valence-corrected chi connectivity index (χ1v) is 9.64. The van der Waals surface area contributed by atoms with Crippen molar-refractivity contribution < 1.29 is 24.3 Å². The average Bonchev–Trinajstić information content (AvgIpc) is 2.64. The van der Waals surface area contributed by atoms with Gasteiger partial charge < -0.3 is 32.5 Å². The fourth-order valence-corrected chi connectivity index (χ4v) is 2.39. The zero-order valence-electron chi connectivity index (χ0n) is 17.2. The van der Waals surface area contributed by atoms with Crippen molar-refractivity contribution in [2.75, 3.05) is 6.54 Å².